The van der Waals surface area contributed by atoms with Crippen LogP contribution in [0.3, 0.4) is 0 Å². The molecule has 0 atom stereocenters. The van der Waals surface area contributed by atoms with Crippen molar-refractivity contribution in [2.45, 2.75) is 0 Å². The third-order valence-electron chi connectivity index (χ3n) is 2.59. The maximum atomic E-state index is 12.0. The van der Waals surface area contributed by atoms with E-state index in [0.717, 1.165) is 0 Å². The van der Waals surface area contributed by atoms with Gasteiger partial charge in [-0.25, -0.2) is 19.9 Å². The molecule has 7 heteroatoms. The van der Waals surface area contributed by atoms with Gasteiger partial charge in [-0.2, -0.15) is 0 Å². The highest BCUT2D eigenvalue weighted by atomic mass is 16.1. The maximum absolute atomic E-state index is 12.0. The molecule has 0 saturated heterocycles. The molecule has 7 nitrogen and oxygen atoms in total. The van der Waals surface area contributed by atoms with Gasteiger partial charge in [-0.3, -0.25) is 9.36 Å². The summed E-state index contributed by atoms with van der Waals surface area (Å²) in [5.74, 6) is 0.373. The van der Waals surface area contributed by atoms with Crippen LogP contribution >= 0.6 is 0 Å². The molecule has 0 aliphatic carbocycles. The highest BCUT2D eigenvalue weighted by Gasteiger charge is 2.07. The lowest BCUT2D eigenvalue weighted by molar-refractivity contribution is 0.102. The molecule has 0 radical (unpaired) electrons. The number of anilines is 1. The summed E-state index contributed by atoms with van der Waals surface area (Å²) in [7, 11) is 0. The Morgan fingerprint density at radius 3 is 2.80 bits per heavy atom. The van der Waals surface area contributed by atoms with Gasteiger partial charge in [-0.1, -0.05) is 0 Å². The highest BCUT2D eigenvalue weighted by molar-refractivity contribution is 6.02. The van der Waals surface area contributed by atoms with E-state index < -0.39 is 0 Å². The molecule has 98 valence electrons. The maximum Gasteiger partial charge on any atom is 0.274 e. The van der Waals surface area contributed by atoms with E-state index in [-0.39, 0.29) is 5.91 Å². The van der Waals surface area contributed by atoms with Crippen LogP contribution in [0.5, 0.6) is 0 Å². The average Bonchev–Trinajstić information content (AvgIpc) is 3.03. The largest absolute Gasteiger partial charge is 0.320 e. The summed E-state index contributed by atoms with van der Waals surface area (Å²) in [6.45, 7) is 0. The lowest BCUT2D eigenvalue weighted by atomic mass is 10.3. The molecule has 3 rings (SSSR count). The van der Waals surface area contributed by atoms with E-state index in [4.69, 9.17) is 0 Å². The Kier molecular flexibility index (Phi) is 3.15. The summed E-state index contributed by atoms with van der Waals surface area (Å²) >= 11 is 0. The van der Waals surface area contributed by atoms with Crippen molar-refractivity contribution in [2.75, 3.05) is 5.32 Å². The fourth-order valence-electron chi connectivity index (χ4n) is 1.65. The van der Waals surface area contributed by atoms with Crippen molar-refractivity contribution in [3.8, 4) is 5.82 Å². The summed E-state index contributed by atoms with van der Waals surface area (Å²) in [4.78, 5) is 27.8. The Morgan fingerprint density at radius 1 is 1.10 bits per heavy atom. The van der Waals surface area contributed by atoms with Gasteiger partial charge in [0.05, 0.1) is 0 Å². The predicted octanol–water partition coefficient (Wildman–Crippen LogP) is 1.31. The molecular weight excluding hydrogens is 256 g/mol. The number of pyridine rings is 1. The third-order valence-corrected chi connectivity index (χ3v) is 2.59. The Hall–Kier alpha value is -3.09. The first-order valence-corrected chi connectivity index (χ1v) is 5.85. The molecular formula is C13H10N6O. The summed E-state index contributed by atoms with van der Waals surface area (Å²) in [6.07, 6.45) is 9.54. The van der Waals surface area contributed by atoms with Crippen molar-refractivity contribution in [1.29, 1.82) is 0 Å². The van der Waals surface area contributed by atoms with Gasteiger partial charge in [0.25, 0.3) is 5.91 Å². The Bertz CT molecular complexity index is 711. The second-order valence-electron chi connectivity index (χ2n) is 3.92. The molecule has 0 aliphatic heterocycles. The van der Waals surface area contributed by atoms with Crippen molar-refractivity contribution >= 4 is 11.6 Å². The number of nitrogens with one attached hydrogen (secondary N) is 1. The SMILES string of the molecule is O=C(Nc1ccnc(-n2ccnc2)c1)c1ccncn1. The highest BCUT2D eigenvalue weighted by Crippen LogP contribution is 2.12. The number of hydrogen-bond acceptors (Lipinski definition) is 5. The molecule has 0 aromatic carbocycles. The predicted molar refractivity (Wildman–Crippen MR) is 71.3 cm³/mol. The molecule has 0 saturated carbocycles. The number of nitrogens with zero attached hydrogens (tertiary/aromatic N) is 5. The molecule has 0 bridgehead atoms. The van der Waals surface area contributed by atoms with Crippen molar-refractivity contribution in [2.24, 2.45) is 0 Å². The van der Waals surface area contributed by atoms with E-state index >= 15 is 0 Å². The summed E-state index contributed by atoms with van der Waals surface area (Å²) in [6, 6.07) is 5.01. The number of hydrogen-bond donors (Lipinski definition) is 1. The van der Waals surface area contributed by atoms with E-state index in [2.05, 4.69) is 25.3 Å². The van der Waals surface area contributed by atoms with Crippen LogP contribution < -0.4 is 5.32 Å². The first-order valence-electron chi connectivity index (χ1n) is 5.85. The molecule has 0 spiro atoms. The summed E-state index contributed by atoms with van der Waals surface area (Å²) in [5.41, 5.74) is 0.938. The van der Waals surface area contributed by atoms with E-state index in [9.17, 15) is 4.79 Å². The number of carbonyl (C=O) groups excluding carboxylic acids is 1. The average molecular weight is 266 g/mol. The zero-order chi connectivity index (χ0) is 13.8. The van der Waals surface area contributed by atoms with E-state index in [1.807, 2.05) is 0 Å². The van der Waals surface area contributed by atoms with Crippen LogP contribution in [0.15, 0.2) is 55.6 Å². The molecule has 1 N–H and O–H groups in total. The van der Waals surface area contributed by atoms with Gasteiger partial charge in [0.15, 0.2) is 0 Å². The number of imidazole rings is 1. The van der Waals surface area contributed by atoms with Crippen molar-refractivity contribution in [3.63, 3.8) is 0 Å². The molecule has 0 unspecified atom stereocenters. The van der Waals surface area contributed by atoms with Crippen molar-refractivity contribution in [3.05, 3.63) is 61.3 Å². The lowest BCUT2D eigenvalue weighted by Crippen LogP contribution is -2.14. The first-order chi connectivity index (χ1) is 9.83. The second-order valence-corrected chi connectivity index (χ2v) is 3.92. The lowest BCUT2D eigenvalue weighted by Gasteiger charge is -2.06. The van der Waals surface area contributed by atoms with Crippen LogP contribution in [0.25, 0.3) is 5.82 Å². The molecule has 3 aromatic heterocycles. The number of rotatable bonds is 3. The van der Waals surface area contributed by atoms with Crippen molar-refractivity contribution < 1.29 is 4.79 Å². The summed E-state index contributed by atoms with van der Waals surface area (Å²) < 4.78 is 1.75. The van der Waals surface area contributed by atoms with E-state index in [0.29, 0.717) is 17.2 Å². The van der Waals surface area contributed by atoms with Crippen LogP contribution in [0.4, 0.5) is 5.69 Å². The van der Waals surface area contributed by atoms with Gasteiger partial charge in [-0.05, 0) is 12.1 Å². The molecule has 0 fully saturated rings. The first kappa shape index (κ1) is 12.0. The summed E-state index contributed by atoms with van der Waals surface area (Å²) in [5, 5.41) is 2.76. The van der Waals surface area contributed by atoms with Gasteiger partial charge in [-0.15, -0.1) is 0 Å². The fourth-order valence-corrected chi connectivity index (χ4v) is 1.65. The quantitative estimate of drug-likeness (QED) is 0.772. The van der Waals surface area contributed by atoms with E-state index in [1.54, 1.807) is 47.7 Å². The monoisotopic (exact) mass is 266 g/mol. The minimum Gasteiger partial charge on any atom is -0.320 e. The Balaban J connectivity index is 1.82. The smallest absolute Gasteiger partial charge is 0.274 e. The molecule has 3 heterocycles. The number of carbonyl (C=O) groups is 1. The zero-order valence-electron chi connectivity index (χ0n) is 10.3. The topological polar surface area (TPSA) is 85.6 Å². The molecule has 20 heavy (non-hydrogen) atoms. The van der Waals surface area contributed by atoms with Crippen LogP contribution in [-0.2, 0) is 0 Å². The van der Waals surface area contributed by atoms with E-state index in [1.165, 1.54) is 12.5 Å². The third kappa shape index (κ3) is 2.51. The Morgan fingerprint density at radius 2 is 2.05 bits per heavy atom. The standard InChI is InChI=1S/C13H10N6O/c20-13(11-2-3-14-8-17-11)18-10-1-4-16-12(7-10)19-6-5-15-9-19/h1-9H,(H,16,18,20). The molecule has 0 aliphatic rings. The Labute approximate surface area is 114 Å². The van der Waals surface area contributed by atoms with Gasteiger partial charge >= 0.3 is 0 Å². The van der Waals surface area contributed by atoms with Crippen LogP contribution in [0.2, 0.25) is 0 Å². The molecule has 1 amide bonds. The second kappa shape index (κ2) is 5.27. The van der Waals surface area contributed by atoms with Crippen LogP contribution in [0.1, 0.15) is 10.5 Å². The minimum absolute atomic E-state index is 0.296. The zero-order valence-corrected chi connectivity index (χ0v) is 10.3. The van der Waals surface area contributed by atoms with Gasteiger partial charge in [0, 0.05) is 36.5 Å². The number of amides is 1. The van der Waals surface area contributed by atoms with Crippen LogP contribution in [-0.4, -0.2) is 30.4 Å². The fraction of sp³-hybridized carbons (Fsp3) is 0. The van der Waals surface area contributed by atoms with Gasteiger partial charge in [0.2, 0.25) is 0 Å². The van der Waals surface area contributed by atoms with Gasteiger partial charge in [0.1, 0.15) is 24.2 Å². The van der Waals surface area contributed by atoms with Crippen molar-refractivity contribution in [1.82, 2.24) is 24.5 Å². The number of aromatic nitrogens is 5. The molecule has 3 aromatic rings. The normalized spacial score (nSPS) is 10.2. The minimum atomic E-state index is -0.296. The van der Waals surface area contributed by atoms with Gasteiger partial charge < -0.3 is 5.32 Å². The van der Waals surface area contributed by atoms with Crippen LogP contribution in [0, 0.1) is 0 Å².